The predicted octanol–water partition coefficient (Wildman–Crippen LogP) is 1.62. The average molecular weight is 356 g/mol. The maximum Gasteiger partial charge on any atom is 0.239 e. The number of benzene rings is 1. The summed E-state index contributed by atoms with van der Waals surface area (Å²) in [4.78, 5) is 14.1. The lowest BCUT2D eigenvalue weighted by Gasteiger charge is -2.26. The highest BCUT2D eigenvalue weighted by Crippen LogP contribution is 2.19. The first-order valence-corrected chi connectivity index (χ1v) is 8.01. The van der Waals surface area contributed by atoms with Crippen LogP contribution in [0.15, 0.2) is 22.7 Å². The van der Waals surface area contributed by atoms with E-state index >= 15 is 0 Å². The van der Waals surface area contributed by atoms with Crippen molar-refractivity contribution in [2.24, 2.45) is 0 Å². The van der Waals surface area contributed by atoms with Gasteiger partial charge in [0.15, 0.2) is 0 Å². The van der Waals surface area contributed by atoms with Crippen LogP contribution in [0.3, 0.4) is 0 Å². The number of hydrogen-bond acceptors (Lipinski definition) is 4. The highest BCUT2D eigenvalue weighted by atomic mass is 79.9. The summed E-state index contributed by atoms with van der Waals surface area (Å²) >= 11 is 3.46. The Labute approximate surface area is 134 Å². The lowest BCUT2D eigenvalue weighted by Crippen LogP contribution is -2.42. The lowest BCUT2D eigenvalue weighted by atomic mass is 10.2. The van der Waals surface area contributed by atoms with Crippen molar-refractivity contribution in [3.05, 3.63) is 28.2 Å². The first kappa shape index (κ1) is 16.3. The van der Waals surface area contributed by atoms with E-state index in [1.807, 2.05) is 25.1 Å². The van der Waals surface area contributed by atoms with Gasteiger partial charge in [-0.05, 0) is 30.7 Å². The summed E-state index contributed by atoms with van der Waals surface area (Å²) in [7, 11) is 0. The van der Waals surface area contributed by atoms with E-state index < -0.39 is 0 Å². The van der Waals surface area contributed by atoms with Gasteiger partial charge in [0.25, 0.3) is 0 Å². The smallest absolute Gasteiger partial charge is 0.239 e. The minimum Gasteiger partial charge on any atom is -0.379 e. The van der Waals surface area contributed by atoms with Crippen LogP contribution >= 0.6 is 15.9 Å². The van der Waals surface area contributed by atoms with Crippen LogP contribution in [-0.2, 0) is 9.53 Å². The summed E-state index contributed by atoms with van der Waals surface area (Å²) in [6, 6.07) is 5.96. The van der Waals surface area contributed by atoms with Gasteiger partial charge in [-0.25, -0.2) is 0 Å². The SMILES string of the molecule is Cc1cc(NCC(=O)NCCN2CCOCC2)ccc1Br. The molecule has 0 unspecified atom stereocenters. The van der Waals surface area contributed by atoms with Crippen LogP contribution in [-0.4, -0.2) is 56.7 Å². The number of nitrogens with one attached hydrogen (secondary N) is 2. The largest absolute Gasteiger partial charge is 0.379 e. The van der Waals surface area contributed by atoms with E-state index in [1.165, 1.54) is 0 Å². The van der Waals surface area contributed by atoms with Gasteiger partial charge in [0.1, 0.15) is 0 Å². The van der Waals surface area contributed by atoms with Crippen molar-refractivity contribution in [1.29, 1.82) is 0 Å². The lowest BCUT2D eigenvalue weighted by molar-refractivity contribution is -0.119. The van der Waals surface area contributed by atoms with E-state index in [4.69, 9.17) is 4.74 Å². The molecule has 5 nitrogen and oxygen atoms in total. The molecule has 2 N–H and O–H groups in total. The number of amides is 1. The summed E-state index contributed by atoms with van der Waals surface area (Å²) < 4.78 is 6.36. The maximum absolute atomic E-state index is 11.8. The van der Waals surface area contributed by atoms with Crippen LogP contribution in [0.5, 0.6) is 0 Å². The van der Waals surface area contributed by atoms with Crippen molar-refractivity contribution in [3.63, 3.8) is 0 Å². The fourth-order valence-corrected chi connectivity index (χ4v) is 2.42. The van der Waals surface area contributed by atoms with Crippen LogP contribution in [0, 0.1) is 6.92 Å². The zero-order chi connectivity index (χ0) is 15.1. The summed E-state index contributed by atoms with van der Waals surface area (Å²) in [6.45, 7) is 7.36. The molecule has 1 aromatic rings. The van der Waals surface area contributed by atoms with Gasteiger partial charge in [-0.1, -0.05) is 15.9 Å². The quantitative estimate of drug-likeness (QED) is 0.814. The normalized spacial score (nSPS) is 15.7. The summed E-state index contributed by atoms with van der Waals surface area (Å²) in [5.74, 6) is 0.0174. The van der Waals surface area contributed by atoms with E-state index in [1.54, 1.807) is 0 Å². The molecule has 1 aliphatic rings. The molecule has 1 heterocycles. The number of anilines is 1. The van der Waals surface area contributed by atoms with E-state index in [-0.39, 0.29) is 5.91 Å². The zero-order valence-electron chi connectivity index (χ0n) is 12.3. The number of nitrogens with zero attached hydrogens (tertiary/aromatic N) is 1. The number of carbonyl (C=O) groups excluding carboxylic acids is 1. The third-order valence-electron chi connectivity index (χ3n) is 3.46. The number of ether oxygens (including phenoxy) is 1. The van der Waals surface area contributed by atoms with Crippen LogP contribution in [0.1, 0.15) is 5.56 Å². The van der Waals surface area contributed by atoms with E-state index in [9.17, 15) is 4.79 Å². The van der Waals surface area contributed by atoms with Crippen molar-refractivity contribution < 1.29 is 9.53 Å². The second-order valence-corrected chi connectivity index (χ2v) is 5.98. The second-order valence-electron chi connectivity index (χ2n) is 5.12. The van der Waals surface area contributed by atoms with Crippen molar-refractivity contribution in [3.8, 4) is 0 Å². The molecule has 0 radical (unpaired) electrons. The minimum atomic E-state index is 0.0174. The third kappa shape index (κ3) is 5.65. The number of aryl methyl sites for hydroxylation is 1. The number of rotatable bonds is 6. The third-order valence-corrected chi connectivity index (χ3v) is 4.35. The predicted molar refractivity (Wildman–Crippen MR) is 87.6 cm³/mol. The molecule has 1 amide bonds. The highest BCUT2D eigenvalue weighted by Gasteiger charge is 2.10. The van der Waals surface area contributed by atoms with Crippen LogP contribution in [0.25, 0.3) is 0 Å². The Bertz CT molecular complexity index is 476. The molecule has 0 aromatic heterocycles. The summed E-state index contributed by atoms with van der Waals surface area (Å²) in [5.41, 5.74) is 2.10. The van der Waals surface area contributed by atoms with Crippen molar-refractivity contribution in [2.75, 3.05) is 51.3 Å². The van der Waals surface area contributed by atoms with Gasteiger partial charge >= 0.3 is 0 Å². The Hall–Kier alpha value is -1.11. The summed E-state index contributed by atoms with van der Waals surface area (Å²) in [5, 5.41) is 6.07. The molecule has 1 aliphatic heterocycles. The zero-order valence-corrected chi connectivity index (χ0v) is 13.9. The van der Waals surface area contributed by atoms with Crippen LogP contribution in [0.2, 0.25) is 0 Å². The average Bonchev–Trinajstić information content (AvgIpc) is 2.49. The van der Waals surface area contributed by atoms with Gasteiger partial charge < -0.3 is 15.4 Å². The molecule has 116 valence electrons. The molecule has 6 heteroatoms. The fourth-order valence-electron chi connectivity index (χ4n) is 2.18. The van der Waals surface area contributed by atoms with Crippen molar-refractivity contribution in [1.82, 2.24) is 10.2 Å². The first-order valence-electron chi connectivity index (χ1n) is 7.22. The topological polar surface area (TPSA) is 53.6 Å². The molecule has 0 atom stereocenters. The molecule has 1 aromatic carbocycles. The van der Waals surface area contributed by atoms with Crippen molar-refractivity contribution in [2.45, 2.75) is 6.92 Å². The van der Waals surface area contributed by atoms with Gasteiger partial charge in [-0.3, -0.25) is 9.69 Å². The number of hydrogen-bond donors (Lipinski definition) is 2. The molecule has 0 aliphatic carbocycles. The highest BCUT2D eigenvalue weighted by molar-refractivity contribution is 9.10. The number of carbonyl (C=O) groups is 1. The molecule has 1 fully saturated rings. The van der Waals surface area contributed by atoms with Crippen LogP contribution in [0.4, 0.5) is 5.69 Å². The van der Waals surface area contributed by atoms with Gasteiger partial charge in [-0.2, -0.15) is 0 Å². The number of morpholine rings is 1. The monoisotopic (exact) mass is 355 g/mol. The maximum atomic E-state index is 11.8. The number of halogens is 1. The first-order chi connectivity index (χ1) is 10.1. The second kappa shape index (κ2) is 8.36. The van der Waals surface area contributed by atoms with Gasteiger partial charge in [0, 0.05) is 36.3 Å². The Kier molecular flexibility index (Phi) is 6.48. The Morgan fingerprint density at radius 2 is 2.14 bits per heavy atom. The van der Waals surface area contributed by atoms with E-state index in [0.29, 0.717) is 13.1 Å². The van der Waals surface area contributed by atoms with Crippen LogP contribution < -0.4 is 10.6 Å². The Morgan fingerprint density at radius 1 is 1.38 bits per heavy atom. The minimum absolute atomic E-state index is 0.0174. The van der Waals surface area contributed by atoms with Gasteiger partial charge in [0.05, 0.1) is 19.8 Å². The molecule has 0 saturated carbocycles. The van der Waals surface area contributed by atoms with Gasteiger partial charge in [-0.15, -0.1) is 0 Å². The van der Waals surface area contributed by atoms with Gasteiger partial charge in [0.2, 0.25) is 5.91 Å². The molecular weight excluding hydrogens is 334 g/mol. The fraction of sp³-hybridized carbons (Fsp3) is 0.533. The molecule has 0 bridgehead atoms. The summed E-state index contributed by atoms with van der Waals surface area (Å²) in [6.07, 6.45) is 0. The van der Waals surface area contributed by atoms with Crippen molar-refractivity contribution >= 4 is 27.5 Å². The standard InChI is InChI=1S/C15H22BrN3O2/c1-12-10-13(2-3-14(12)16)18-11-15(20)17-4-5-19-6-8-21-9-7-19/h2-3,10,18H,4-9,11H2,1H3,(H,17,20). The molecule has 21 heavy (non-hydrogen) atoms. The van der Waals surface area contributed by atoms with E-state index in [0.717, 1.165) is 48.6 Å². The molecular formula is C15H22BrN3O2. The molecule has 0 spiro atoms. The van der Waals surface area contributed by atoms with E-state index in [2.05, 4.69) is 31.5 Å². The molecule has 1 saturated heterocycles. The Balaban J connectivity index is 1.63. The Morgan fingerprint density at radius 3 is 2.86 bits per heavy atom. The molecule has 2 rings (SSSR count).